The van der Waals surface area contributed by atoms with E-state index in [-0.39, 0.29) is 0 Å². The van der Waals surface area contributed by atoms with Gasteiger partial charge in [0.05, 0.1) is 0 Å². The molecule has 0 aliphatic heterocycles. The maximum Gasteiger partial charge on any atom is -0.0239 e. The minimum atomic E-state index is 0.816. The van der Waals surface area contributed by atoms with E-state index in [2.05, 4.69) is 46.8 Å². The quantitative estimate of drug-likeness (QED) is 0.124. The van der Waals surface area contributed by atoms with Crippen molar-refractivity contribution < 1.29 is 0 Å². The van der Waals surface area contributed by atoms with Crippen molar-refractivity contribution in [2.45, 2.75) is 157 Å². The Morgan fingerprint density at radius 3 is 1.45 bits per heavy atom. The second kappa shape index (κ2) is 22.4. The van der Waals surface area contributed by atoms with Crippen LogP contribution >= 0.6 is 0 Å². The lowest BCUT2D eigenvalue weighted by atomic mass is 9.87. The molecule has 0 heterocycles. The lowest BCUT2D eigenvalue weighted by molar-refractivity contribution is 0.335. The van der Waals surface area contributed by atoms with Gasteiger partial charge in [-0.1, -0.05) is 143 Å². The number of allylic oxidation sites excluding steroid dienone is 2. The average molecular weight is 407 g/mol. The minimum Gasteiger partial charge on any atom is -0.0883 e. The molecule has 2 unspecified atom stereocenters. The summed E-state index contributed by atoms with van der Waals surface area (Å²) < 4.78 is 0. The van der Waals surface area contributed by atoms with Crippen LogP contribution in [0.2, 0.25) is 0 Å². The summed E-state index contributed by atoms with van der Waals surface area (Å²) in [5.74, 6) is 2.81. The lowest BCUT2D eigenvalue weighted by Gasteiger charge is -2.19. The smallest absolute Gasteiger partial charge is 0.0239 e. The predicted molar refractivity (Wildman–Crippen MR) is 136 cm³/mol. The van der Waals surface area contributed by atoms with Crippen molar-refractivity contribution in [1.82, 2.24) is 0 Å². The van der Waals surface area contributed by atoms with Gasteiger partial charge >= 0.3 is 0 Å². The van der Waals surface area contributed by atoms with Crippen LogP contribution in [0, 0.1) is 17.8 Å². The van der Waals surface area contributed by atoms with Crippen molar-refractivity contribution in [2.24, 2.45) is 17.8 Å². The van der Waals surface area contributed by atoms with Crippen molar-refractivity contribution in [2.75, 3.05) is 0 Å². The molecule has 174 valence electrons. The van der Waals surface area contributed by atoms with E-state index in [9.17, 15) is 0 Å². The molecule has 0 amide bonds. The standard InChI is InChI=1S/C29H58/c1-6-11-22-28(9-4)25-26-29(10-5)24-21-19-17-15-13-12-14-16-18-20-23-27(7-2)8-3/h20,23,27-29H,6-19,21-22,24-26H2,1-5H3/b23-20+. The Kier molecular flexibility index (Phi) is 22.2. The van der Waals surface area contributed by atoms with Gasteiger partial charge < -0.3 is 0 Å². The van der Waals surface area contributed by atoms with Crippen LogP contribution in [0.3, 0.4) is 0 Å². The summed E-state index contributed by atoms with van der Waals surface area (Å²) in [6.07, 6.45) is 31.9. The first-order chi connectivity index (χ1) is 14.2. The molecule has 0 bridgehead atoms. The zero-order valence-corrected chi connectivity index (χ0v) is 21.3. The highest BCUT2D eigenvalue weighted by atomic mass is 14.2. The molecule has 0 aliphatic carbocycles. The van der Waals surface area contributed by atoms with E-state index in [1.807, 2.05) is 0 Å². The van der Waals surface area contributed by atoms with Gasteiger partial charge in [-0.05, 0) is 43.4 Å². The first kappa shape index (κ1) is 28.7. The Bertz CT molecular complexity index is 325. The topological polar surface area (TPSA) is 0 Å². The molecule has 0 aliphatic rings. The first-order valence-corrected chi connectivity index (χ1v) is 13.9. The van der Waals surface area contributed by atoms with E-state index in [0.29, 0.717) is 0 Å². The maximum absolute atomic E-state index is 2.46. The Morgan fingerprint density at radius 2 is 0.966 bits per heavy atom. The zero-order valence-electron chi connectivity index (χ0n) is 21.3. The third-order valence-electron chi connectivity index (χ3n) is 7.29. The van der Waals surface area contributed by atoms with E-state index >= 15 is 0 Å². The van der Waals surface area contributed by atoms with Crippen LogP contribution in [-0.2, 0) is 0 Å². The molecule has 0 aromatic rings. The first-order valence-electron chi connectivity index (χ1n) is 13.9. The van der Waals surface area contributed by atoms with E-state index < -0.39 is 0 Å². The van der Waals surface area contributed by atoms with Gasteiger partial charge in [-0.15, -0.1) is 0 Å². The van der Waals surface area contributed by atoms with E-state index in [1.54, 1.807) is 0 Å². The molecule has 2 atom stereocenters. The fourth-order valence-electron chi connectivity index (χ4n) is 4.67. The molecule has 0 aromatic carbocycles. The monoisotopic (exact) mass is 406 g/mol. The van der Waals surface area contributed by atoms with Gasteiger partial charge in [0.1, 0.15) is 0 Å². The van der Waals surface area contributed by atoms with Gasteiger partial charge in [-0.3, -0.25) is 0 Å². The van der Waals surface area contributed by atoms with E-state index in [4.69, 9.17) is 0 Å². The van der Waals surface area contributed by atoms with Crippen LogP contribution in [0.1, 0.15) is 157 Å². The molecule has 0 saturated heterocycles. The highest BCUT2D eigenvalue weighted by molar-refractivity contribution is 4.87. The zero-order chi connectivity index (χ0) is 21.6. The minimum absolute atomic E-state index is 0.816. The van der Waals surface area contributed by atoms with Crippen LogP contribution in [0.5, 0.6) is 0 Å². The Morgan fingerprint density at radius 1 is 0.483 bits per heavy atom. The Labute approximate surface area is 186 Å². The van der Waals surface area contributed by atoms with Crippen LogP contribution in [0.4, 0.5) is 0 Å². The average Bonchev–Trinajstić information content (AvgIpc) is 2.75. The van der Waals surface area contributed by atoms with Crippen LogP contribution < -0.4 is 0 Å². The molecule has 0 heteroatoms. The molecular formula is C29H58. The van der Waals surface area contributed by atoms with Crippen molar-refractivity contribution in [3.63, 3.8) is 0 Å². The van der Waals surface area contributed by atoms with Crippen molar-refractivity contribution in [3.8, 4) is 0 Å². The summed E-state index contributed by atoms with van der Waals surface area (Å²) in [6.45, 7) is 11.7. The molecule has 0 aromatic heterocycles. The van der Waals surface area contributed by atoms with Crippen molar-refractivity contribution >= 4 is 0 Å². The maximum atomic E-state index is 2.46. The number of hydrogen-bond donors (Lipinski definition) is 0. The SMILES string of the molecule is CCCCC(CC)CCC(CC)CCCCCCCCCC/C=C/C(CC)CC. The van der Waals surface area contributed by atoms with Gasteiger partial charge in [-0.2, -0.15) is 0 Å². The van der Waals surface area contributed by atoms with E-state index in [0.717, 1.165) is 17.8 Å². The van der Waals surface area contributed by atoms with Gasteiger partial charge in [0.25, 0.3) is 0 Å². The molecule has 29 heavy (non-hydrogen) atoms. The summed E-state index contributed by atoms with van der Waals surface area (Å²) in [6, 6.07) is 0. The highest BCUT2D eigenvalue weighted by Crippen LogP contribution is 2.26. The summed E-state index contributed by atoms with van der Waals surface area (Å²) in [5.41, 5.74) is 0. The summed E-state index contributed by atoms with van der Waals surface area (Å²) in [5, 5.41) is 0. The second-order valence-corrected chi connectivity index (χ2v) is 9.68. The molecule has 0 saturated carbocycles. The van der Waals surface area contributed by atoms with Gasteiger partial charge in [0.2, 0.25) is 0 Å². The molecule has 0 rings (SSSR count). The molecule has 0 nitrogen and oxygen atoms in total. The lowest BCUT2D eigenvalue weighted by Crippen LogP contribution is -2.05. The predicted octanol–water partition coefficient (Wildman–Crippen LogP) is 10.9. The summed E-state index contributed by atoms with van der Waals surface area (Å²) in [7, 11) is 0. The van der Waals surface area contributed by atoms with Crippen molar-refractivity contribution in [1.29, 1.82) is 0 Å². The third kappa shape index (κ3) is 18.2. The van der Waals surface area contributed by atoms with Crippen LogP contribution in [0.15, 0.2) is 12.2 Å². The van der Waals surface area contributed by atoms with E-state index in [1.165, 1.54) is 122 Å². The number of hydrogen-bond acceptors (Lipinski definition) is 0. The second-order valence-electron chi connectivity index (χ2n) is 9.68. The Balaban J connectivity index is 3.53. The molecule has 0 N–H and O–H groups in total. The Hall–Kier alpha value is -0.260. The fraction of sp³-hybridized carbons (Fsp3) is 0.931. The van der Waals surface area contributed by atoms with Crippen LogP contribution in [0.25, 0.3) is 0 Å². The van der Waals surface area contributed by atoms with Crippen molar-refractivity contribution in [3.05, 3.63) is 12.2 Å². The summed E-state index contributed by atoms with van der Waals surface area (Å²) >= 11 is 0. The molecule has 0 spiro atoms. The number of rotatable bonds is 22. The normalized spacial score (nSPS) is 14.1. The fourth-order valence-corrected chi connectivity index (χ4v) is 4.67. The molecule has 0 fully saturated rings. The van der Waals surface area contributed by atoms with Crippen LogP contribution in [-0.4, -0.2) is 0 Å². The third-order valence-corrected chi connectivity index (χ3v) is 7.29. The number of unbranched alkanes of at least 4 members (excludes halogenated alkanes) is 9. The van der Waals surface area contributed by atoms with Gasteiger partial charge in [0, 0.05) is 0 Å². The molecular weight excluding hydrogens is 348 g/mol. The van der Waals surface area contributed by atoms with Gasteiger partial charge in [0.15, 0.2) is 0 Å². The van der Waals surface area contributed by atoms with Gasteiger partial charge in [-0.25, -0.2) is 0 Å². The molecule has 0 radical (unpaired) electrons. The largest absolute Gasteiger partial charge is 0.0883 e. The summed E-state index contributed by atoms with van der Waals surface area (Å²) in [4.78, 5) is 0. The highest BCUT2D eigenvalue weighted by Gasteiger charge is 2.11.